The van der Waals surface area contributed by atoms with Crippen molar-refractivity contribution in [2.45, 2.75) is 117 Å². The van der Waals surface area contributed by atoms with Crippen LogP contribution in [0.3, 0.4) is 0 Å². The fourth-order valence-electron chi connectivity index (χ4n) is 5.76. The number of carbonyl (C=O) groups is 5. The van der Waals surface area contributed by atoms with Gasteiger partial charge in [0.15, 0.2) is 6.10 Å². The van der Waals surface area contributed by atoms with Gasteiger partial charge in [-0.2, -0.15) is 0 Å². The minimum absolute atomic E-state index is 0.104. The smallest absolute Gasteiger partial charge is 0.254 e. The summed E-state index contributed by atoms with van der Waals surface area (Å²) in [5.74, 6) is -2.51. The van der Waals surface area contributed by atoms with Crippen LogP contribution in [0, 0.1) is 17.3 Å². The Balaban J connectivity index is 1.93. The lowest BCUT2D eigenvalue weighted by atomic mass is 9.85. The summed E-state index contributed by atoms with van der Waals surface area (Å²) in [6, 6.07) is 13.7. The topological polar surface area (TPSA) is 157 Å². The Morgan fingerprint density at radius 1 is 0.824 bits per heavy atom. The van der Waals surface area contributed by atoms with Gasteiger partial charge >= 0.3 is 0 Å². The number of aliphatic hydroxyl groups is 1. The second-order valence-corrected chi connectivity index (χ2v) is 17.3. The van der Waals surface area contributed by atoms with E-state index in [4.69, 9.17) is 0 Å². The molecule has 1 aliphatic heterocycles. The molecule has 0 saturated carbocycles. The molecule has 2 aromatic carbocycles. The fourth-order valence-corrected chi connectivity index (χ4v) is 6.90. The van der Waals surface area contributed by atoms with E-state index >= 15 is 0 Å². The van der Waals surface area contributed by atoms with Gasteiger partial charge in [0.05, 0.1) is 11.9 Å². The lowest BCUT2D eigenvalue weighted by Gasteiger charge is -2.36. The van der Waals surface area contributed by atoms with Crippen molar-refractivity contribution in [3.63, 3.8) is 0 Å². The van der Waals surface area contributed by atoms with Crippen molar-refractivity contribution in [2.24, 2.45) is 17.3 Å². The molecule has 11 nitrogen and oxygen atoms in total. The molecule has 2 aromatic rings. The summed E-state index contributed by atoms with van der Waals surface area (Å²) in [6.45, 7) is 18.5. The van der Waals surface area contributed by atoms with Crippen LogP contribution >= 0.6 is 11.8 Å². The minimum atomic E-state index is -1.71. The number of carbonyl (C=O) groups excluding carboxylic acids is 5. The van der Waals surface area contributed by atoms with Crippen molar-refractivity contribution in [3.8, 4) is 0 Å². The molecule has 51 heavy (non-hydrogen) atoms. The van der Waals surface area contributed by atoms with Gasteiger partial charge in [0.2, 0.25) is 23.6 Å². The largest absolute Gasteiger partial charge is 0.381 e. The molecular weight excluding hydrogens is 667 g/mol. The Morgan fingerprint density at radius 3 is 1.92 bits per heavy atom. The Labute approximate surface area is 307 Å². The highest BCUT2D eigenvalue weighted by atomic mass is 32.2. The Kier molecular flexibility index (Phi) is 14.3. The molecule has 0 spiro atoms. The van der Waals surface area contributed by atoms with E-state index in [0.717, 1.165) is 5.56 Å². The van der Waals surface area contributed by atoms with Crippen LogP contribution in [0.1, 0.15) is 86.4 Å². The van der Waals surface area contributed by atoms with Crippen LogP contribution in [0.2, 0.25) is 0 Å². The number of aliphatic hydroxyl groups excluding tert-OH is 1. The molecule has 0 aliphatic carbocycles. The second-order valence-electron chi connectivity index (χ2n) is 15.7. The molecule has 1 saturated heterocycles. The van der Waals surface area contributed by atoms with Gasteiger partial charge in [-0.3, -0.25) is 24.0 Å². The van der Waals surface area contributed by atoms with Crippen LogP contribution in [0.4, 0.5) is 0 Å². The van der Waals surface area contributed by atoms with Crippen molar-refractivity contribution in [2.75, 3.05) is 5.88 Å². The Hall–Kier alpha value is -3.90. The van der Waals surface area contributed by atoms with E-state index in [1.165, 1.54) is 16.7 Å². The van der Waals surface area contributed by atoms with Crippen LogP contribution < -0.4 is 21.3 Å². The van der Waals surface area contributed by atoms with Gasteiger partial charge in [0, 0.05) is 16.7 Å². The maximum absolute atomic E-state index is 14.2. The van der Waals surface area contributed by atoms with Crippen molar-refractivity contribution < 1.29 is 29.1 Å². The van der Waals surface area contributed by atoms with Gasteiger partial charge in [-0.05, 0) is 49.7 Å². The van der Waals surface area contributed by atoms with Gasteiger partial charge in [-0.15, -0.1) is 11.8 Å². The molecule has 0 bridgehead atoms. The first-order valence-electron chi connectivity index (χ1n) is 17.7. The molecule has 1 fully saturated rings. The highest BCUT2D eigenvalue weighted by Crippen LogP contribution is 2.40. The van der Waals surface area contributed by atoms with Crippen LogP contribution in [-0.4, -0.2) is 80.4 Å². The average molecular weight is 724 g/mol. The third kappa shape index (κ3) is 11.0. The van der Waals surface area contributed by atoms with Crippen molar-refractivity contribution in [3.05, 3.63) is 71.8 Å². The van der Waals surface area contributed by atoms with E-state index in [9.17, 15) is 29.1 Å². The van der Waals surface area contributed by atoms with Gasteiger partial charge in [0.1, 0.15) is 18.1 Å². The fraction of sp³-hybridized carbons (Fsp3) is 0.564. The van der Waals surface area contributed by atoms with E-state index in [0.29, 0.717) is 5.56 Å². The summed E-state index contributed by atoms with van der Waals surface area (Å²) in [4.78, 5) is 70.0. The molecule has 3 rings (SSSR count). The molecule has 6 atom stereocenters. The molecule has 0 radical (unpaired) electrons. The predicted octanol–water partition coefficient (Wildman–Crippen LogP) is 3.96. The number of hydrogen-bond acceptors (Lipinski definition) is 7. The second kappa shape index (κ2) is 17.5. The van der Waals surface area contributed by atoms with Gasteiger partial charge < -0.3 is 31.3 Å². The summed E-state index contributed by atoms with van der Waals surface area (Å²) in [7, 11) is 0. The lowest BCUT2D eigenvalue weighted by molar-refractivity contribution is -0.148. The number of nitrogens with zero attached hydrogens (tertiary/aromatic N) is 1. The third-order valence-corrected chi connectivity index (χ3v) is 10.7. The van der Waals surface area contributed by atoms with E-state index in [1.807, 2.05) is 65.0 Å². The highest BCUT2D eigenvalue weighted by Gasteiger charge is 2.50. The summed E-state index contributed by atoms with van der Waals surface area (Å²) in [5, 5.41) is 23.3. The first-order valence-corrected chi connectivity index (χ1v) is 18.7. The first kappa shape index (κ1) is 41.5. The number of thioether (sulfide) groups is 1. The zero-order chi connectivity index (χ0) is 38.3. The number of benzene rings is 2. The molecule has 1 unspecified atom stereocenters. The quantitative estimate of drug-likeness (QED) is 0.198. The van der Waals surface area contributed by atoms with Crippen LogP contribution in [0.25, 0.3) is 0 Å². The number of amides is 5. The SMILES string of the molecule is CC(C)C(=O)N[C@H](C(=O)N[C@H](C(=O)N[C@@H](Cc1ccccc1)[C@H](O)C(=O)N1CSC(C)(C)[C@H]1C(=O)NC(C)C(C)C)C(C)(C)C)c1ccccc1. The van der Waals surface area contributed by atoms with E-state index < -0.39 is 58.2 Å². The molecule has 280 valence electrons. The number of hydrogen-bond donors (Lipinski definition) is 5. The normalized spacial score (nSPS) is 18.7. The van der Waals surface area contributed by atoms with Crippen LogP contribution in [0.15, 0.2) is 60.7 Å². The maximum Gasteiger partial charge on any atom is 0.254 e. The minimum Gasteiger partial charge on any atom is -0.381 e. The predicted molar refractivity (Wildman–Crippen MR) is 201 cm³/mol. The summed E-state index contributed by atoms with van der Waals surface area (Å²) in [6.07, 6.45) is -1.60. The third-order valence-electron chi connectivity index (χ3n) is 9.33. The molecule has 5 amide bonds. The summed E-state index contributed by atoms with van der Waals surface area (Å²) < 4.78 is -0.629. The number of rotatable bonds is 14. The Morgan fingerprint density at radius 2 is 1.39 bits per heavy atom. The zero-order valence-corrected chi connectivity index (χ0v) is 32.5. The molecule has 1 heterocycles. The van der Waals surface area contributed by atoms with E-state index in [-0.39, 0.29) is 42.0 Å². The number of nitrogens with one attached hydrogen (secondary N) is 4. The lowest BCUT2D eigenvalue weighted by Crippen LogP contribution is -2.62. The monoisotopic (exact) mass is 723 g/mol. The van der Waals surface area contributed by atoms with Crippen molar-refractivity contribution in [1.82, 2.24) is 26.2 Å². The molecule has 1 aliphatic rings. The van der Waals surface area contributed by atoms with Gasteiger partial charge in [0.25, 0.3) is 5.91 Å². The van der Waals surface area contributed by atoms with E-state index in [2.05, 4.69) is 21.3 Å². The summed E-state index contributed by atoms with van der Waals surface area (Å²) >= 11 is 1.44. The molecule has 0 aromatic heterocycles. The average Bonchev–Trinajstić information content (AvgIpc) is 3.39. The van der Waals surface area contributed by atoms with Crippen molar-refractivity contribution in [1.29, 1.82) is 0 Å². The van der Waals surface area contributed by atoms with E-state index in [1.54, 1.807) is 65.0 Å². The first-order chi connectivity index (χ1) is 23.7. The van der Waals surface area contributed by atoms with Crippen molar-refractivity contribution >= 4 is 41.3 Å². The van der Waals surface area contributed by atoms with Crippen LogP contribution in [0.5, 0.6) is 0 Å². The standard InChI is InChI=1S/C39H57N5O6S/c1-23(2)25(5)40-36(49)32-39(9,10)51-22-44(32)37(50)30(45)28(21-26-17-13-11-14-18-26)41-35(48)31(38(6,7)8)43-34(47)29(42-33(46)24(3)4)27-19-15-12-16-20-27/h11-20,23-25,28-32,45H,21-22H2,1-10H3,(H,40,49)(H,41,48)(H,42,46)(H,43,47)/t25?,28-,29-,30-,31+,32+/m0/s1. The van der Waals surface area contributed by atoms with Gasteiger partial charge in [-0.1, -0.05) is 109 Å². The molecular formula is C39H57N5O6S. The Bertz CT molecular complexity index is 1510. The summed E-state index contributed by atoms with van der Waals surface area (Å²) in [5.41, 5.74) is 0.497. The highest BCUT2D eigenvalue weighted by molar-refractivity contribution is 8.00. The zero-order valence-electron chi connectivity index (χ0n) is 31.7. The molecule has 5 N–H and O–H groups in total. The molecule has 12 heteroatoms. The maximum atomic E-state index is 14.2. The van der Waals surface area contributed by atoms with Gasteiger partial charge in [-0.25, -0.2) is 0 Å². The van der Waals surface area contributed by atoms with Crippen LogP contribution in [-0.2, 0) is 30.4 Å².